The van der Waals surface area contributed by atoms with Crippen molar-refractivity contribution in [2.24, 2.45) is 0 Å². The van der Waals surface area contributed by atoms with Gasteiger partial charge in [-0.25, -0.2) is 4.98 Å². The van der Waals surface area contributed by atoms with E-state index in [-0.39, 0.29) is 12.6 Å². The first kappa shape index (κ1) is 23.1. The summed E-state index contributed by atoms with van der Waals surface area (Å²) in [7, 11) is 0. The molecule has 0 aliphatic carbocycles. The van der Waals surface area contributed by atoms with Gasteiger partial charge in [0, 0.05) is 37.9 Å². The van der Waals surface area contributed by atoms with E-state index in [0.29, 0.717) is 13.1 Å². The Hall–Kier alpha value is -3.10. The van der Waals surface area contributed by atoms with Gasteiger partial charge in [0.25, 0.3) is 0 Å². The molecule has 174 valence electrons. The summed E-state index contributed by atoms with van der Waals surface area (Å²) in [5.74, 6) is 1.49. The van der Waals surface area contributed by atoms with Crippen LogP contribution in [0.4, 0.5) is 11.6 Å². The molecule has 1 aromatic carbocycles. The Morgan fingerprint density at radius 2 is 1.79 bits per heavy atom. The lowest BCUT2D eigenvalue weighted by atomic mass is 9.91. The van der Waals surface area contributed by atoms with E-state index < -0.39 is 11.6 Å². The molecule has 1 aliphatic rings. The third-order valence-electron chi connectivity index (χ3n) is 6.70. The Bertz CT molecular complexity index is 1080. The summed E-state index contributed by atoms with van der Waals surface area (Å²) in [6.07, 6.45) is 5.75. The van der Waals surface area contributed by atoms with Crippen LogP contribution in [0.25, 0.3) is 0 Å². The zero-order valence-corrected chi connectivity index (χ0v) is 19.7. The van der Waals surface area contributed by atoms with E-state index in [1.807, 2.05) is 18.2 Å². The summed E-state index contributed by atoms with van der Waals surface area (Å²) in [5, 5.41) is 30.4. The minimum Gasteiger partial charge on any atom is -0.393 e. The molecule has 1 saturated heterocycles. The molecule has 0 radical (unpaired) electrons. The number of piperazine rings is 1. The van der Waals surface area contributed by atoms with Crippen LogP contribution in [0.1, 0.15) is 36.2 Å². The van der Waals surface area contributed by atoms with Crippen molar-refractivity contribution in [2.45, 2.75) is 51.8 Å². The highest BCUT2D eigenvalue weighted by Gasteiger charge is 2.43. The lowest BCUT2D eigenvalue weighted by Gasteiger charge is -2.50. The number of aromatic nitrogens is 4. The van der Waals surface area contributed by atoms with E-state index in [2.05, 4.69) is 62.9 Å². The average Bonchev–Trinajstić information content (AvgIpc) is 2.83. The molecule has 33 heavy (non-hydrogen) atoms. The maximum Gasteiger partial charge on any atom is 0.154 e. The van der Waals surface area contributed by atoms with Crippen LogP contribution in [0.15, 0.2) is 48.9 Å². The standard InChI is InChI=1S/C25H32N6O2/c1-17-14-31(22(25(4,33)16-32)15-30(17)23-13-26-10-11-27-23)24-19(3)18(2)21(28-29-24)12-20-8-6-5-7-9-20/h5-11,13,17,22,32-33H,12,14-16H2,1-4H3/t17-,22?,25?/m1/s1. The van der Waals surface area contributed by atoms with Crippen molar-refractivity contribution >= 4 is 11.6 Å². The van der Waals surface area contributed by atoms with Crippen LogP contribution in [0.5, 0.6) is 0 Å². The van der Waals surface area contributed by atoms with Gasteiger partial charge in [0.15, 0.2) is 5.82 Å². The lowest BCUT2D eigenvalue weighted by molar-refractivity contribution is -0.0228. The highest BCUT2D eigenvalue weighted by molar-refractivity contribution is 5.54. The van der Waals surface area contributed by atoms with E-state index in [0.717, 1.165) is 34.9 Å². The molecule has 0 spiro atoms. The average molecular weight is 449 g/mol. The maximum absolute atomic E-state index is 11.1. The SMILES string of the molecule is Cc1c(Cc2ccccc2)nnc(N2C[C@@H](C)N(c3cnccn3)CC2C(C)(O)CO)c1C. The van der Waals surface area contributed by atoms with Crippen molar-refractivity contribution < 1.29 is 10.2 Å². The Morgan fingerprint density at radius 3 is 2.45 bits per heavy atom. The number of anilines is 2. The maximum atomic E-state index is 11.1. The zero-order valence-electron chi connectivity index (χ0n) is 19.7. The van der Waals surface area contributed by atoms with E-state index in [4.69, 9.17) is 0 Å². The second kappa shape index (κ2) is 9.41. The molecule has 1 fully saturated rings. The van der Waals surface area contributed by atoms with Gasteiger partial charge in [-0.2, -0.15) is 5.10 Å². The number of hydrogen-bond donors (Lipinski definition) is 2. The largest absolute Gasteiger partial charge is 0.393 e. The number of nitrogens with zero attached hydrogens (tertiary/aromatic N) is 6. The molecule has 4 rings (SSSR count). The summed E-state index contributed by atoms with van der Waals surface area (Å²) in [5.41, 5.74) is 2.92. The van der Waals surface area contributed by atoms with Crippen LogP contribution < -0.4 is 9.80 Å². The van der Waals surface area contributed by atoms with E-state index in [1.165, 1.54) is 5.56 Å². The summed E-state index contributed by atoms with van der Waals surface area (Å²) in [6, 6.07) is 9.92. The monoisotopic (exact) mass is 448 g/mol. The van der Waals surface area contributed by atoms with Gasteiger partial charge >= 0.3 is 0 Å². The molecule has 8 heteroatoms. The molecule has 2 aromatic heterocycles. The van der Waals surface area contributed by atoms with Crippen molar-refractivity contribution in [3.8, 4) is 0 Å². The van der Waals surface area contributed by atoms with Crippen LogP contribution >= 0.6 is 0 Å². The van der Waals surface area contributed by atoms with Crippen LogP contribution in [0.2, 0.25) is 0 Å². The molecule has 3 heterocycles. The number of rotatable bonds is 6. The first-order valence-corrected chi connectivity index (χ1v) is 11.3. The highest BCUT2D eigenvalue weighted by atomic mass is 16.3. The van der Waals surface area contributed by atoms with E-state index in [1.54, 1.807) is 25.5 Å². The van der Waals surface area contributed by atoms with E-state index >= 15 is 0 Å². The number of hydrogen-bond acceptors (Lipinski definition) is 8. The summed E-state index contributed by atoms with van der Waals surface area (Å²) in [6.45, 7) is 8.61. The lowest BCUT2D eigenvalue weighted by Crippen LogP contribution is -2.66. The fourth-order valence-electron chi connectivity index (χ4n) is 4.48. The van der Waals surface area contributed by atoms with Gasteiger partial charge in [-0.3, -0.25) is 4.98 Å². The molecule has 8 nitrogen and oxygen atoms in total. The zero-order chi connectivity index (χ0) is 23.6. The van der Waals surface area contributed by atoms with Gasteiger partial charge in [0.2, 0.25) is 0 Å². The van der Waals surface area contributed by atoms with Gasteiger partial charge in [0.1, 0.15) is 11.4 Å². The van der Waals surface area contributed by atoms with Crippen LogP contribution in [-0.2, 0) is 6.42 Å². The minimum absolute atomic E-state index is 0.0953. The normalized spacial score (nSPS) is 20.5. The van der Waals surface area contributed by atoms with Crippen molar-refractivity contribution in [1.29, 1.82) is 0 Å². The fourth-order valence-corrected chi connectivity index (χ4v) is 4.48. The van der Waals surface area contributed by atoms with Crippen LogP contribution in [-0.4, -0.2) is 67.8 Å². The first-order chi connectivity index (χ1) is 15.8. The quantitative estimate of drug-likeness (QED) is 0.593. The second-order valence-electron chi connectivity index (χ2n) is 9.13. The van der Waals surface area contributed by atoms with Crippen molar-refractivity contribution in [2.75, 3.05) is 29.5 Å². The third kappa shape index (κ3) is 4.67. The Balaban J connectivity index is 1.68. The molecule has 0 amide bonds. The first-order valence-electron chi connectivity index (χ1n) is 11.3. The summed E-state index contributed by atoms with van der Waals surface area (Å²) >= 11 is 0. The molecule has 0 saturated carbocycles. The minimum atomic E-state index is -1.34. The summed E-state index contributed by atoms with van der Waals surface area (Å²) < 4.78 is 0. The number of aliphatic hydroxyl groups is 2. The van der Waals surface area contributed by atoms with Gasteiger partial charge in [0.05, 0.1) is 24.5 Å². The Kier molecular flexibility index (Phi) is 6.58. The molecular formula is C25H32N6O2. The predicted octanol–water partition coefficient (Wildman–Crippen LogP) is 2.30. The molecule has 3 aromatic rings. The Morgan fingerprint density at radius 1 is 1.03 bits per heavy atom. The van der Waals surface area contributed by atoms with Crippen molar-refractivity contribution in [3.63, 3.8) is 0 Å². The molecule has 2 unspecified atom stereocenters. The second-order valence-corrected chi connectivity index (χ2v) is 9.13. The topological polar surface area (TPSA) is 98.5 Å². The van der Waals surface area contributed by atoms with Crippen molar-refractivity contribution in [1.82, 2.24) is 20.2 Å². The Labute approximate surface area is 195 Å². The van der Waals surface area contributed by atoms with Crippen LogP contribution in [0.3, 0.4) is 0 Å². The third-order valence-corrected chi connectivity index (χ3v) is 6.70. The van der Waals surface area contributed by atoms with E-state index in [9.17, 15) is 10.2 Å². The molecule has 2 N–H and O–H groups in total. The highest BCUT2D eigenvalue weighted by Crippen LogP contribution is 2.33. The molecule has 0 bridgehead atoms. The summed E-state index contributed by atoms with van der Waals surface area (Å²) in [4.78, 5) is 12.9. The molecule has 3 atom stereocenters. The molecular weight excluding hydrogens is 416 g/mol. The molecule has 1 aliphatic heterocycles. The fraction of sp³-hybridized carbons (Fsp3) is 0.440. The predicted molar refractivity (Wildman–Crippen MR) is 128 cm³/mol. The van der Waals surface area contributed by atoms with Crippen molar-refractivity contribution in [3.05, 3.63) is 71.3 Å². The van der Waals surface area contributed by atoms with Gasteiger partial charge < -0.3 is 20.0 Å². The number of aliphatic hydroxyl groups excluding tert-OH is 1. The van der Waals surface area contributed by atoms with Gasteiger partial charge in [-0.05, 0) is 44.4 Å². The van der Waals surface area contributed by atoms with Gasteiger partial charge in [-0.1, -0.05) is 30.3 Å². The van der Waals surface area contributed by atoms with Crippen LogP contribution in [0, 0.1) is 13.8 Å². The number of benzene rings is 1. The smallest absolute Gasteiger partial charge is 0.154 e. The van der Waals surface area contributed by atoms with Gasteiger partial charge in [-0.15, -0.1) is 5.10 Å².